The highest BCUT2D eigenvalue weighted by Crippen LogP contribution is 2.56. The summed E-state index contributed by atoms with van der Waals surface area (Å²) in [5, 5.41) is 4.81. The quantitative estimate of drug-likeness (QED) is 0.107. The Morgan fingerprint density at radius 3 is 1.11 bits per heavy atom. The third-order valence-electron chi connectivity index (χ3n) is 24.0. The van der Waals surface area contributed by atoms with Gasteiger partial charge in [0.05, 0.1) is 33.4 Å². The molecule has 0 amide bonds. The Morgan fingerprint density at radius 1 is 0.230 bits per heavy atom. The molecule has 4 nitrogen and oxygen atoms in total. The number of nitrogens with zero attached hydrogens (tertiary/aromatic N) is 4. The van der Waals surface area contributed by atoms with E-state index in [1.165, 1.54) is 93.6 Å². The molecule has 0 unspecified atom stereocenters. The van der Waals surface area contributed by atoms with Crippen molar-refractivity contribution in [3.8, 4) is 67.0 Å². The van der Waals surface area contributed by atoms with Crippen molar-refractivity contribution in [2.24, 2.45) is 0 Å². The molecule has 2 aliphatic carbocycles. The number of anilines is 6. The Bertz CT molecular complexity index is 6850. The van der Waals surface area contributed by atoms with Gasteiger partial charge < -0.3 is 18.9 Å². The summed E-state index contributed by atoms with van der Waals surface area (Å²) in [4.78, 5) is 5.52. The van der Waals surface area contributed by atoms with E-state index in [1.54, 1.807) is 0 Å². The maximum absolute atomic E-state index is 2.78. The monoisotopic (exact) mass is 1440 g/mol. The topological polar surface area (TPSA) is 16.3 Å². The van der Waals surface area contributed by atoms with Crippen molar-refractivity contribution in [1.82, 2.24) is 9.13 Å². The van der Waals surface area contributed by atoms with E-state index in [0.717, 1.165) is 138 Å². The first-order valence-corrected chi connectivity index (χ1v) is 39.7. The van der Waals surface area contributed by atoms with Crippen molar-refractivity contribution in [3.05, 3.63) is 429 Å². The van der Waals surface area contributed by atoms with Gasteiger partial charge in [-0.25, -0.2) is 0 Å². The average molecular weight is 1440 g/mol. The molecule has 22 rings (SSSR count). The van der Waals surface area contributed by atoms with Crippen molar-refractivity contribution >= 4 is 123 Å². The molecular formula is C108H75BN4. The average Bonchev–Trinajstić information content (AvgIpc) is 1.67. The normalized spacial score (nSPS) is 13.7. The van der Waals surface area contributed by atoms with Crippen LogP contribution in [-0.2, 0) is 0 Å². The van der Waals surface area contributed by atoms with Crippen molar-refractivity contribution in [3.63, 3.8) is 0 Å². The van der Waals surface area contributed by atoms with Crippen molar-refractivity contribution in [2.75, 3.05) is 9.80 Å². The van der Waals surface area contributed by atoms with E-state index >= 15 is 0 Å². The zero-order valence-electron chi connectivity index (χ0n) is 62.4. The van der Waals surface area contributed by atoms with Crippen LogP contribution in [0.2, 0.25) is 0 Å². The standard InChI is InChI=1S/C108H75BN4/c1-8-32-72(33-9-1)77-42-26-46-81(62-77)88-56-30-57-89(82-47-27-43-78(63-82)73-34-10-2-11-35-73)107(88)112-102-70-100-94(92-54-22-24-60-98(92)110(100)86-50-18-6-19-51-86)68-96(102)109-97-69-95-93-55-23-25-61-99(93)111(87-52-20-7-21-53-87)101(95)71-103(97)113(105-67-85(66-104(112)106(105)109)76-40-16-5-17-41-76)108-90(83-48-28-44-79(64-83)74-36-12-3-13-37-74)58-31-59-91(108)84-49-29-45-80(65-84)75-38-14-4-15-39-75/h1-27,30-44,46-47,49-71H,28-29,45,48H2. The number of fused-ring (bicyclic) bond motifs is 10. The summed E-state index contributed by atoms with van der Waals surface area (Å²) in [5.41, 5.74) is 38.6. The van der Waals surface area contributed by atoms with E-state index in [2.05, 4.69) is 425 Å². The summed E-state index contributed by atoms with van der Waals surface area (Å²) in [6.45, 7) is -0.317. The van der Waals surface area contributed by atoms with Gasteiger partial charge in [0.1, 0.15) is 0 Å². The zero-order valence-corrected chi connectivity index (χ0v) is 62.4. The third-order valence-corrected chi connectivity index (χ3v) is 24.0. The lowest BCUT2D eigenvalue weighted by Gasteiger charge is -2.46. The SMILES string of the molecule is C1=C(c2ccccc2)C=C(c2cccc(C3=CCCC(c4ccccc4)=C3)c2N2c3cc4c(cc3B3c5cc6c7ccccc7n(-c7ccccc7)c6cc5N(c5c(-c6cccc(-c7ccccc7)c6)cccc5-c5cccc(-c6ccccc6)c5)c5cc(-c6ccccc6)cc2c53)c2ccccc2n4-c2ccccc2)CC1. The molecule has 0 saturated heterocycles. The summed E-state index contributed by atoms with van der Waals surface area (Å²) in [5.74, 6) is 0. The minimum absolute atomic E-state index is 0.317. The smallest absolute Gasteiger partial charge is 0.252 e. The van der Waals surface area contributed by atoms with Crippen LogP contribution in [0.4, 0.5) is 34.1 Å². The van der Waals surface area contributed by atoms with E-state index in [4.69, 9.17) is 0 Å². The molecular weight excluding hydrogens is 1360 g/mol. The van der Waals surface area contributed by atoms with Gasteiger partial charge in [0.2, 0.25) is 0 Å². The van der Waals surface area contributed by atoms with Crippen LogP contribution in [0.15, 0.2) is 406 Å². The fourth-order valence-corrected chi connectivity index (χ4v) is 18.9. The highest BCUT2D eigenvalue weighted by atomic mass is 15.2. The van der Waals surface area contributed by atoms with Crippen LogP contribution >= 0.6 is 0 Å². The molecule has 113 heavy (non-hydrogen) atoms. The lowest BCUT2D eigenvalue weighted by atomic mass is 9.33. The lowest BCUT2D eigenvalue weighted by Crippen LogP contribution is -2.61. The second-order valence-corrected chi connectivity index (χ2v) is 30.4. The molecule has 18 aromatic rings. The molecule has 16 aromatic carbocycles. The van der Waals surface area contributed by atoms with Gasteiger partial charge in [0.25, 0.3) is 6.71 Å². The van der Waals surface area contributed by atoms with Gasteiger partial charge in [-0.15, -0.1) is 0 Å². The minimum Gasteiger partial charge on any atom is -0.310 e. The minimum atomic E-state index is -0.317. The molecule has 0 fully saturated rings. The van der Waals surface area contributed by atoms with Gasteiger partial charge in [0, 0.05) is 77.9 Å². The van der Waals surface area contributed by atoms with Crippen LogP contribution < -0.4 is 26.2 Å². The number of benzene rings is 16. The first-order chi connectivity index (χ1) is 56.1. The second kappa shape index (κ2) is 27.4. The number of rotatable bonds is 13. The van der Waals surface area contributed by atoms with E-state index < -0.39 is 0 Å². The zero-order chi connectivity index (χ0) is 74.5. The number of allylic oxidation sites excluding steroid dienone is 8. The van der Waals surface area contributed by atoms with Crippen LogP contribution in [-0.4, -0.2) is 15.8 Å². The summed E-state index contributed by atoms with van der Waals surface area (Å²) < 4.78 is 5.03. The predicted molar refractivity (Wildman–Crippen MR) is 480 cm³/mol. The summed E-state index contributed by atoms with van der Waals surface area (Å²) in [6, 6.07) is 144. The van der Waals surface area contributed by atoms with Crippen LogP contribution in [0.5, 0.6) is 0 Å². The van der Waals surface area contributed by atoms with Gasteiger partial charge in [-0.2, -0.15) is 0 Å². The van der Waals surface area contributed by atoms with Gasteiger partial charge >= 0.3 is 0 Å². The predicted octanol–water partition coefficient (Wildman–Crippen LogP) is 26.8. The Hall–Kier alpha value is -14.3. The maximum atomic E-state index is 2.78. The first kappa shape index (κ1) is 65.8. The fourth-order valence-electron chi connectivity index (χ4n) is 18.9. The molecule has 2 aliphatic heterocycles. The number of aromatic nitrogens is 2. The van der Waals surface area contributed by atoms with E-state index in [1.807, 2.05) is 0 Å². The summed E-state index contributed by atoms with van der Waals surface area (Å²) in [6.07, 6.45) is 13.6. The number of hydrogen-bond acceptors (Lipinski definition) is 2. The van der Waals surface area contributed by atoms with Gasteiger partial charge in [-0.05, 0) is 193 Å². The van der Waals surface area contributed by atoms with Crippen LogP contribution in [0.1, 0.15) is 47.9 Å². The molecule has 530 valence electrons. The Kier molecular flexibility index (Phi) is 16.0. The molecule has 0 bridgehead atoms. The molecule has 5 heteroatoms. The van der Waals surface area contributed by atoms with Gasteiger partial charge in [0.15, 0.2) is 0 Å². The van der Waals surface area contributed by atoms with Crippen molar-refractivity contribution in [1.29, 1.82) is 0 Å². The number of hydrogen-bond donors (Lipinski definition) is 0. The second-order valence-electron chi connectivity index (χ2n) is 30.4. The highest BCUT2D eigenvalue weighted by molar-refractivity contribution is 7.00. The molecule has 0 saturated carbocycles. The van der Waals surface area contributed by atoms with Crippen molar-refractivity contribution in [2.45, 2.75) is 25.7 Å². The van der Waals surface area contributed by atoms with E-state index in [-0.39, 0.29) is 6.71 Å². The van der Waals surface area contributed by atoms with Crippen molar-refractivity contribution < 1.29 is 0 Å². The molecule has 0 spiro atoms. The molecule has 0 atom stereocenters. The maximum Gasteiger partial charge on any atom is 0.252 e. The Morgan fingerprint density at radius 2 is 0.602 bits per heavy atom. The Balaban J connectivity index is 0.929. The van der Waals surface area contributed by atoms with Crippen LogP contribution in [0.3, 0.4) is 0 Å². The molecule has 0 N–H and O–H groups in total. The van der Waals surface area contributed by atoms with Gasteiger partial charge in [-0.1, -0.05) is 334 Å². The number of para-hydroxylation sites is 6. The molecule has 4 aliphatic rings. The summed E-state index contributed by atoms with van der Waals surface area (Å²) >= 11 is 0. The molecule has 0 radical (unpaired) electrons. The molecule has 2 aromatic heterocycles. The lowest BCUT2D eigenvalue weighted by molar-refractivity contribution is 1.05. The first-order valence-electron chi connectivity index (χ1n) is 39.7. The van der Waals surface area contributed by atoms with Gasteiger partial charge in [-0.3, -0.25) is 0 Å². The van der Waals surface area contributed by atoms with Crippen LogP contribution in [0.25, 0.3) is 133 Å². The molecule has 4 heterocycles. The Labute approximate surface area is 659 Å². The highest BCUT2D eigenvalue weighted by Gasteiger charge is 2.47. The third kappa shape index (κ3) is 11.1. The van der Waals surface area contributed by atoms with E-state index in [0.29, 0.717) is 0 Å². The largest absolute Gasteiger partial charge is 0.310 e. The van der Waals surface area contributed by atoms with E-state index in [9.17, 15) is 0 Å². The fraction of sp³-hybridized carbons (Fsp3) is 0.0370. The summed E-state index contributed by atoms with van der Waals surface area (Å²) in [7, 11) is 0. The van der Waals surface area contributed by atoms with Crippen LogP contribution in [0, 0.1) is 0 Å².